The molecular formula is C21H26N4O4. The molecule has 8 heteroatoms. The van der Waals surface area contributed by atoms with Crippen LogP contribution in [0.15, 0.2) is 36.7 Å². The van der Waals surface area contributed by atoms with Gasteiger partial charge in [-0.25, -0.2) is 9.97 Å². The van der Waals surface area contributed by atoms with E-state index in [2.05, 4.69) is 14.9 Å². The van der Waals surface area contributed by atoms with Crippen LogP contribution in [0.3, 0.4) is 0 Å². The summed E-state index contributed by atoms with van der Waals surface area (Å²) in [5.74, 6) is 0.747. The van der Waals surface area contributed by atoms with Gasteiger partial charge in [-0.2, -0.15) is 0 Å². The minimum atomic E-state index is -0.133. The van der Waals surface area contributed by atoms with E-state index in [4.69, 9.17) is 14.2 Å². The zero-order chi connectivity index (χ0) is 20.1. The number of amides is 1. The lowest BCUT2D eigenvalue weighted by Gasteiger charge is -2.33. The van der Waals surface area contributed by atoms with Crippen molar-refractivity contribution in [2.24, 2.45) is 0 Å². The Hall–Kier alpha value is -2.87. The number of ether oxygens (including phenoxy) is 3. The lowest BCUT2D eigenvalue weighted by Crippen LogP contribution is -2.44. The normalized spacial score (nSPS) is 19.7. The van der Waals surface area contributed by atoms with Gasteiger partial charge in [0.05, 0.1) is 26.9 Å². The Morgan fingerprint density at radius 3 is 2.52 bits per heavy atom. The molecule has 2 fully saturated rings. The fraction of sp³-hybridized carbons (Fsp3) is 0.476. The molecule has 3 heterocycles. The van der Waals surface area contributed by atoms with Crippen LogP contribution in [0.4, 0.5) is 5.69 Å². The molecule has 0 radical (unpaired) electrons. The van der Waals surface area contributed by atoms with E-state index in [1.54, 1.807) is 12.4 Å². The van der Waals surface area contributed by atoms with E-state index in [-0.39, 0.29) is 12.0 Å². The SMILES string of the molecule is COc1nccnc1OC1CCCN(C(=O)c2ccc(N3CCOCC3)cc2)C1. The van der Waals surface area contributed by atoms with Crippen molar-refractivity contribution in [2.45, 2.75) is 18.9 Å². The first-order valence-electron chi connectivity index (χ1n) is 9.98. The van der Waals surface area contributed by atoms with Crippen LogP contribution >= 0.6 is 0 Å². The molecule has 2 saturated heterocycles. The van der Waals surface area contributed by atoms with E-state index in [1.165, 1.54) is 7.11 Å². The largest absolute Gasteiger partial charge is 0.477 e. The van der Waals surface area contributed by atoms with E-state index in [0.29, 0.717) is 23.9 Å². The number of carbonyl (C=O) groups excluding carboxylic acids is 1. The number of benzene rings is 1. The fourth-order valence-corrected chi connectivity index (χ4v) is 3.73. The third kappa shape index (κ3) is 4.59. The highest BCUT2D eigenvalue weighted by molar-refractivity contribution is 5.94. The average Bonchev–Trinajstić information content (AvgIpc) is 2.80. The van der Waals surface area contributed by atoms with Crippen LogP contribution in [0, 0.1) is 0 Å². The minimum absolute atomic E-state index is 0.0259. The molecule has 8 nitrogen and oxygen atoms in total. The number of piperidine rings is 1. The number of hydrogen-bond acceptors (Lipinski definition) is 7. The van der Waals surface area contributed by atoms with Gasteiger partial charge in [0.1, 0.15) is 6.10 Å². The second-order valence-corrected chi connectivity index (χ2v) is 7.15. The van der Waals surface area contributed by atoms with Gasteiger partial charge in [0.25, 0.3) is 17.7 Å². The molecule has 2 aromatic rings. The zero-order valence-electron chi connectivity index (χ0n) is 16.6. The molecule has 1 atom stereocenters. The van der Waals surface area contributed by atoms with E-state index in [9.17, 15) is 4.79 Å². The first-order chi connectivity index (χ1) is 14.2. The summed E-state index contributed by atoms with van der Waals surface area (Å²) in [5.41, 5.74) is 1.82. The summed E-state index contributed by atoms with van der Waals surface area (Å²) >= 11 is 0. The van der Waals surface area contributed by atoms with Crippen molar-refractivity contribution in [2.75, 3.05) is 51.4 Å². The molecule has 154 valence electrons. The number of anilines is 1. The van der Waals surface area contributed by atoms with Crippen molar-refractivity contribution < 1.29 is 19.0 Å². The number of hydrogen-bond donors (Lipinski definition) is 0. The van der Waals surface area contributed by atoms with Crippen molar-refractivity contribution in [1.82, 2.24) is 14.9 Å². The molecule has 1 aromatic carbocycles. The third-order valence-electron chi connectivity index (χ3n) is 5.26. The first kappa shape index (κ1) is 19.4. The highest BCUT2D eigenvalue weighted by Crippen LogP contribution is 2.25. The summed E-state index contributed by atoms with van der Waals surface area (Å²) in [7, 11) is 1.54. The molecule has 2 aliphatic rings. The Morgan fingerprint density at radius 1 is 1.07 bits per heavy atom. The van der Waals surface area contributed by atoms with Gasteiger partial charge in [0.2, 0.25) is 0 Å². The number of aromatic nitrogens is 2. The highest BCUT2D eigenvalue weighted by Gasteiger charge is 2.27. The predicted octanol–water partition coefficient (Wildman–Crippen LogP) is 2.01. The van der Waals surface area contributed by atoms with Crippen molar-refractivity contribution in [3.8, 4) is 11.8 Å². The number of carbonyl (C=O) groups is 1. The van der Waals surface area contributed by atoms with Crippen molar-refractivity contribution in [1.29, 1.82) is 0 Å². The minimum Gasteiger partial charge on any atom is -0.477 e. The van der Waals surface area contributed by atoms with E-state index < -0.39 is 0 Å². The monoisotopic (exact) mass is 398 g/mol. The molecule has 29 heavy (non-hydrogen) atoms. The Balaban J connectivity index is 1.39. The maximum atomic E-state index is 13.0. The number of methoxy groups -OCH3 is 1. The number of morpholine rings is 1. The van der Waals surface area contributed by atoms with E-state index >= 15 is 0 Å². The molecule has 1 unspecified atom stereocenters. The summed E-state index contributed by atoms with van der Waals surface area (Å²) in [6.07, 6.45) is 4.73. The second kappa shape index (κ2) is 9.09. The smallest absolute Gasteiger partial charge is 0.278 e. The van der Waals surface area contributed by atoms with Gasteiger partial charge in [-0.1, -0.05) is 0 Å². The second-order valence-electron chi connectivity index (χ2n) is 7.15. The number of rotatable bonds is 5. The lowest BCUT2D eigenvalue weighted by atomic mass is 10.1. The molecule has 0 spiro atoms. The summed E-state index contributed by atoms with van der Waals surface area (Å²) in [6.45, 7) is 4.48. The number of likely N-dealkylation sites (tertiary alicyclic amines) is 1. The van der Waals surface area contributed by atoms with Crippen molar-refractivity contribution in [3.05, 3.63) is 42.2 Å². The van der Waals surface area contributed by atoms with Crippen molar-refractivity contribution >= 4 is 11.6 Å². The summed E-state index contributed by atoms with van der Waals surface area (Å²) in [6, 6.07) is 7.84. The molecule has 0 aliphatic carbocycles. The van der Waals surface area contributed by atoms with Gasteiger partial charge in [0, 0.05) is 43.3 Å². The van der Waals surface area contributed by atoms with Crippen LogP contribution in [-0.4, -0.2) is 73.4 Å². The maximum Gasteiger partial charge on any atom is 0.278 e. The third-order valence-corrected chi connectivity index (χ3v) is 5.26. The van der Waals surface area contributed by atoms with Crippen LogP contribution in [-0.2, 0) is 4.74 Å². The van der Waals surface area contributed by atoms with E-state index in [1.807, 2.05) is 29.2 Å². The molecule has 0 bridgehead atoms. The quantitative estimate of drug-likeness (QED) is 0.762. The standard InChI is InChI=1S/C21H26N4O4/c1-27-19-20(23-9-8-22-19)29-18-3-2-10-25(15-18)21(26)16-4-6-17(7-5-16)24-11-13-28-14-12-24/h4-9,18H,2-3,10-15H2,1H3. The summed E-state index contributed by atoms with van der Waals surface area (Å²) in [4.78, 5) is 25.4. The van der Waals surface area contributed by atoms with Crippen LogP contribution < -0.4 is 14.4 Å². The highest BCUT2D eigenvalue weighted by atomic mass is 16.5. The van der Waals surface area contributed by atoms with Gasteiger partial charge in [0.15, 0.2) is 0 Å². The number of nitrogens with zero attached hydrogens (tertiary/aromatic N) is 4. The topological polar surface area (TPSA) is 77.0 Å². The summed E-state index contributed by atoms with van der Waals surface area (Å²) < 4.78 is 16.6. The van der Waals surface area contributed by atoms with Crippen molar-refractivity contribution in [3.63, 3.8) is 0 Å². The molecule has 0 N–H and O–H groups in total. The average molecular weight is 398 g/mol. The summed E-state index contributed by atoms with van der Waals surface area (Å²) in [5, 5.41) is 0. The van der Waals surface area contributed by atoms with Gasteiger partial charge in [-0.3, -0.25) is 4.79 Å². The van der Waals surface area contributed by atoms with Crippen LogP contribution in [0.1, 0.15) is 23.2 Å². The Kier molecular flexibility index (Phi) is 6.09. The van der Waals surface area contributed by atoms with Crippen LogP contribution in [0.25, 0.3) is 0 Å². The molecule has 4 rings (SSSR count). The van der Waals surface area contributed by atoms with Crippen LogP contribution in [0.2, 0.25) is 0 Å². The zero-order valence-corrected chi connectivity index (χ0v) is 16.6. The molecule has 2 aliphatic heterocycles. The maximum absolute atomic E-state index is 13.0. The van der Waals surface area contributed by atoms with Gasteiger partial charge >= 0.3 is 0 Å². The Bertz CT molecular complexity index is 824. The molecule has 1 aromatic heterocycles. The Labute approximate surface area is 170 Å². The predicted molar refractivity (Wildman–Crippen MR) is 108 cm³/mol. The lowest BCUT2D eigenvalue weighted by molar-refractivity contribution is 0.0519. The van der Waals surface area contributed by atoms with Gasteiger partial charge < -0.3 is 24.0 Å². The van der Waals surface area contributed by atoms with E-state index in [0.717, 1.165) is 51.4 Å². The molecular weight excluding hydrogens is 372 g/mol. The Morgan fingerprint density at radius 2 is 1.79 bits per heavy atom. The molecule has 0 saturated carbocycles. The fourth-order valence-electron chi connectivity index (χ4n) is 3.73. The van der Waals surface area contributed by atoms with Crippen LogP contribution in [0.5, 0.6) is 11.8 Å². The molecule has 1 amide bonds. The van der Waals surface area contributed by atoms with Gasteiger partial charge in [-0.05, 0) is 37.1 Å². The first-order valence-corrected chi connectivity index (χ1v) is 9.98. The van der Waals surface area contributed by atoms with Gasteiger partial charge in [-0.15, -0.1) is 0 Å².